The number of rotatable bonds is 5. The maximum atomic E-state index is 11.8. The second-order valence-electron chi connectivity index (χ2n) is 3.95. The average molecular weight is 248 g/mol. The van der Waals surface area contributed by atoms with Crippen molar-refractivity contribution in [1.29, 1.82) is 0 Å². The summed E-state index contributed by atoms with van der Waals surface area (Å²) in [5.74, 6) is -0.237. The summed E-state index contributed by atoms with van der Waals surface area (Å²) in [6, 6.07) is 3.88. The van der Waals surface area contributed by atoms with Gasteiger partial charge >= 0.3 is 0 Å². The lowest BCUT2D eigenvalue weighted by Crippen LogP contribution is -2.24. The lowest BCUT2D eigenvalue weighted by Gasteiger charge is -2.04. The molecule has 0 aromatic carbocycles. The minimum absolute atomic E-state index is 0.237. The first kappa shape index (κ1) is 12.3. The van der Waals surface area contributed by atoms with Crippen molar-refractivity contribution in [3.05, 3.63) is 35.9 Å². The maximum absolute atomic E-state index is 11.8. The predicted molar refractivity (Wildman–Crippen MR) is 65.7 cm³/mol. The van der Waals surface area contributed by atoms with Crippen molar-refractivity contribution in [3.63, 3.8) is 0 Å². The zero-order valence-corrected chi connectivity index (χ0v) is 10.2. The molecule has 2 rings (SSSR count). The van der Waals surface area contributed by atoms with Crippen molar-refractivity contribution >= 4 is 5.91 Å². The fourth-order valence-electron chi connectivity index (χ4n) is 1.59. The number of carbonyl (C=O) groups excluding carboxylic acids is 1. The molecule has 2 aromatic rings. The third-order valence-electron chi connectivity index (χ3n) is 2.61. The van der Waals surface area contributed by atoms with Crippen LogP contribution in [-0.2, 0) is 20.1 Å². The number of aromatic nitrogens is 4. The molecule has 0 unspecified atom stereocenters. The van der Waals surface area contributed by atoms with E-state index >= 15 is 0 Å². The van der Waals surface area contributed by atoms with E-state index in [1.54, 1.807) is 10.9 Å². The number of aryl methyl sites for hydroxylation is 1. The van der Waals surface area contributed by atoms with Gasteiger partial charge in [-0.1, -0.05) is 5.21 Å². The number of amides is 1. The van der Waals surface area contributed by atoms with Crippen LogP contribution in [0.5, 0.6) is 0 Å². The molecule has 0 bridgehead atoms. The van der Waals surface area contributed by atoms with Crippen molar-refractivity contribution in [3.8, 4) is 0 Å². The normalized spacial score (nSPS) is 10.6. The number of nitrogens with zero attached hydrogens (tertiary/aromatic N) is 4. The van der Waals surface area contributed by atoms with E-state index in [9.17, 15) is 4.79 Å². The van der Waals surface area contributed by atoms with Crippen molar-refractivity contribution in [1.82, 2.24) is 24.9 Å². The molecule has 96 valence electrons. The minimum atomic E-state index is -0.237. The third-order valence-corrected chi connectivity index (χ3v) is 2.61. The van der Waals surface area contributed by atoms with Crippen LogP contribution in [0.4, 0.5) is 0 Å². The van der Waals surface area contributed by atoms with E-state index in [0.29, 0.717) is 25.3 Å². The Bertz CT molecular complexity index is 529. The predicted octanol–water partition coefficient (Wildman–Crippen LogP) is -0.495. The second-order valence-corrected chi connectivity index (χ2v) is 3.95. The number of nitrogens with one attached hydrogen (secondary N) is 1. The first-order chi connectivity index (χ1) is 8.70. The van der Waals surface area contributed by atoms with Gasteiger partial charge in [0.25, 0.3) is 5.91 Å². The van der Waals surface area contributed by atoms with Crippen LogP contribution in [0.25, 0.3) is 0 Å². The van der Waals surface area contributed by atoms with E-state index in [2.05, 4.69) is 15.6 Å². The lowest BCUT2D eigenvalue weighted by atomic mass is 10.4. The standard InChI is InChI=1S/C11H16N6O/c1-16-5-2-3-9(16)7-13-11(18)10-8-17(6-4-12)15-14-10/h2-3,5,8H,4,6-7,12H2,1H3,(H,13,18). The highest BCUT2D eigenvalue weighted by Crippen LogP contribution is 2.00. The molecular formula is C11H16N6O. The van der Waals surface area contributed by atoms with Crippen LogP contribution in [0.15, 0.2) is 24.5 Å². The summed E-state index contributed by atoms with van der Waals surface area (Å²) in [5, 5.41) is 10.4. The molecular weight excluding hydrogens is 232 g/mol. The van der Waals surface area contributed by atoms with Gasteiger partial charge in [0.2, 0.25) is 0 Å². The number of hydrogen-bond acceptors (Lipinski definition) is 4. The fourth-order valence-corrected chi connectivity index (χ4v) is 1.59. The van der Waals surface area contributed by atoms with Gasteiger partial charge in [-0.2, -0.15) is 0 Å². The van der Waals surface area contributed by atoms with E-state index in [4.69, 9.17) is 5.73 Å². The van der Waals surface area contributed by atoms with Crippen LogP contribution in [0.2, 0.25) is 0 Å². The highest BCUT2D eigenvalue weighted by atomic mass is 16.2. The van der Waals surface area contributed by atoms with E-state index in [-0.39, 0.29) is 5.91 Å². The molecule has 0 aliphatic rings. The molecule has 0 aliphatic heterocycles. The van der Waals surface area contributed by atoms with Gasteiger partial charge < -0.3 is 15.6 Å². The molecule has 0 saturated carbocycles. The monoisotopic (exact) mass is 248 g/mol. The molecule has 7 nitrogen and oxygen atoms in total. The Balaban J connectivity index is 1.93. The topological polar surface area (TPSA) is 90.8 Å². The van der Waals surface area contributed by atoms with Gasteiger partial charge in [-0.15, -0.1) is 5.10 Å². The molecule has 2 heterocycles. The molecule has 0 atom stereocenters. The second kappa shape index (κ2) is 5.46. The summed E-state index contributed by atoms with van der Waals surface area (Å²) in [7, 11) is 1.93. The van der Waals surface area contributed by atoms with Crippen LogP contribution in [-0.4, -0.2) is 32.0 Å². The van der Waals surface area contributed by atoms with E-state index in [1.165, 1.54) is 0 Å². The van der Waals surface area contributed by atoms with Gasteiger partial charge in [0.1, 0.15) is 0 Å². The Labute approximate surface area is 105 Å². The maximum Gasteiger partial charge on any atom is 0.273 e. The molecule has 0 saturated heterocycles. The molecule has 2 aromatic heterocycles. The molecule has 18 heavy (non-hydrogen) atoms. The smallest absolute Gasteiger partial charge is 0.273 e. The Morgan fingerprint density at radius 2 is 2.39 bits per heavy atom. The highest BCUT2D eigenvalue weighted by Gasteiger charge is 2.10. The van der Waals surface area contributed by atoms with Crippen molar-refractivity contribution in [2.45, 2.75) is 13.1 Å². The molecule has 0 spiro atoms. The summed E-state index contributed by atoms with van der Waals surface area (Å²) in [4.78, 5) is 11.8. The summed E-state index contributed by atoms with van der Waals surface area (Å²) in [6.07, 6.45) is 3.52. The van der Waals surface area contributed by atoms with Crippen molar-refractivity contribution in [2.24, 2.45) is 12.8 Å². The first-order valence-corrected chi connectivity index (χ1v) is 5.69. The van der Waals surface area contributed by atoms with Crippen LogP contribution in [0.3, 0.4) is 0 Å². The van der Waals surface area contributed by atoms with Gasteiger partial charge in [0.05, 0.1) is 19.3 Å². The van der Waals surface area contributed by atoms with Crippen molar-refractivity contribution in [2.75, 3.05) is 6.54 Å². The molecule has 0 aliphatic carbocycles. The number of carbonyl (C=O) groups is 1. The van der Waals surface area contributed by atoms with Crippen LogP contribution >= 0.6 is 0 Å². The van der Waals surface area contributed by atoms with E-state index < -0.39 is 0 Å². The summed E-state index contributed by atoms with van der Waals surface area (Å²) in [5.41, 5.74) is 6.72. The van der Waals surface area contributed by atoms with E-state index in [1.807, 2.05) is 29.9 Å². The Morgan fingerprint density at radius 1 is 1.56 bits per heavy atom. The summed E-state index contributed by atoms with van der Waals surface area (Å²) >= 11 is 0. The number of nitrogens with two attached hydrogens (primary N) is 1. The summed E-state index contributed by atoms with van der Waals surface area (Å²) in [6.45, 7) is 1.48. The molecule has 1 amide bonds. The zero-order valence-electron chi connectivity index (χ0n) is 10.2. The molecule has 3 N–H and O–H groups in total. The number of hydrogen-bond donors (Lipinski definition) is 2. The fraction of sp³-hybridized carbons (Fsp3) is 0.364. The lowest BCUT2D eigenvalue weighted by molar-refractivity contribution is 0.0945. The average Bonchev–Trinajstić information content (AvgIpc) is 2.96. The van der Waals surface area contributed by atoms with Crippen molar-refractivity contribution < 1.29 is 4.79 Å². The largest absolute Gasteiger partial charge is 0.353 e. The quantitative estimate of drug-likeness (QED) is 0.746. The third kappa shape index (κ3) is 2.75. The molecule has 7 heteroatoms. The highest BCUT2D eigenvalue weighted by molar-refractivity contribution is 5.91. The van der Waals surface area contributed by atoms with Crippen LogP contribution in [0, 0.1) is 0 Å². The minimum Gasteiger partial charge on any atom is -0.353 e. The molecule has 0 radical (unpaired) electrons. The SMILES string of the molecule is Cn1cccc1CNC(=O)c1cn(CCN)nn1. The van der Waals surface area contributed by atoms with Gasteiger partial charge in [0, 0.05) is 25.5 Å². The van der Waals surface area contributed by atoms with Gasteiger partial charge in [0.15, 0.2) is 5.69 Å². The van der Waals surface area contributed by atoms with Crippen LogP contribution in [0.1, 0.15) is 16.2 Å². The van der Waals surface area contributed by atoms with Gasteiger partial charge in [-0.25, -0.2) is 0 Å². The van der Waals surface area contributed by atoms with Crippen LogP contribution < -0.4 is 11.1 Å². The van der Waals surface area contributed by atoms with E-state index in [0.717, 1.165) is 5.69 Å². The molecule has 0 fully saturated rings. The Morgan fingerprint density at radius 3 is 3.06 bits per heavy atom. The Hall–Kier alpha value is -2.15. The Kier molecular flexibility index (Phi) is 3.73. The zero-order chi connectivity index (χ0) is 13.0. The summed E-state index contributed by atoms with van der Waals surface area (Å²) < 4.78 is 3.50. The van der Waals surface area contributed by atoms with Gasteiger partial charge in [-0.3, -0.25) is 9.48 Å². The van der Waals surface area contributed by atoms with Gasteiger partial charge in [-0.05, 0) is 12.1 Å². The first-order valence-electron chi connectivity index (χ1n) is 5.69.